The van der Waals surface area contributed by atoms with Crippen LogP contribution in [0.5, 0.6) is 11.5 Å². The van der Waals surface area contributed by atoms with Crippen LogP contribution in [-0.4, -0.2) is 30.1 Å². The molecule has 27 heavy (non-hydrogen) atoms. The van der Waals surface area contributed by atoms with Gasteiger partial charge in [0.15, 0.2) is 0 Å². The van der Waals surface area contributed by atoms with Gasteiger partial charge in [-0.05, 0) is 42.0 Å². The van der Waals surface area contributed by atoms with Crippen LogP contribution in [0.3, 0.4) is 0 Å². The van der Waals surface area contributed by atoms with E-state index in [2.05, 4.69) is 20.6 Å². The van der Waals surface area contributed by atoms with Crippen molar-refractivity contribution in [2.75, 3.05) is 24.9 Å². The van der Waals surface area contributed by atoms with Crippen molar-refractivity contribution in [1.29, 1.82) is 0 Å². The first-order valence-corrected chi connectivity index (χ1v) is 8.32. The Labute approximate surface area is 157 Å². The standard InChI is InChI=1S/C20H20N4O3/c1-26-16-4-3-5-17(27-2)19(16)20(25)24-15-6-7-18(23-13-15)22-12-14-8-10-21-11-9-14/h3-11,13H,12H2,1-2H3,(H,22,23)(H,24,25). The monoisotopic (exact) mass is 364 g/mol. The molecule has 0 aliphatic carbocycles. The van der Waals surface area contributed by atoms with E-state index in [0.29, 0.717) is 35.1 Å². The summed E-state index contributed by atoms with van der Waals surface area (Å²) in [6, 6.07) is 12.6. The number of hydrogen-bond acceptors (Lipinski definition) is 6. The molecule has 0 aliphatic rings. The van der Waals surface area contributed by atoms with Gasteiger partial charge in [0.2, 0.25) is 0 Å². The molecular weight excluding hydrogens is 344 g/mol. The Bertz CT molecular complexity index is 877. The van der Waals surface area contributed by atoms with Gasteiger partial charge in [0.05, 0.1) is 26.1 Å². The molecule has 1 amide bonds. The van der Waals surface area contributed by atoms with E-state index < -0.39 is 0 Å². The largest absolute Gasteiger partial charge is 0.496 e. The molecule has 3 rings (SSSR count). The molecule has 2 heterocycles. The Balaban J connectivity index is 1.67. The predicted molar refractivity (Wildman–Crippen MR) is 103 cm³/mol. The lowest BCUT2D eigenvalue weighted by Gasteiger charge is -2.13. The Morgan fingerprint density at radius 3 is 2.30 bits per heavy atom. The Morgan fingerprint density at radius 2 is 1.70 bits per heavy atom. The molecule has 138 valence electrons. The number of hydrogen-bond donors (Lipinski definition) is 2. The molecule has 1 aromatic carbocycles. The fourth-order valence-corrected chi connectivity index (χ4v) is 2.53. The third-order valence-electron chi connectivity index (χ3n) is 3.90. The third kappa shape index (κ3) is 4.52. The molecule has 7 heteroatoms. The number of aromatic nitrogens is 2. The topological polar surface area (TPSA) is 85.4 Å². The van der Waals surface area contributed by atoms with E-state index in [1.54, 1.807) is 48.9 Å². The summed E-state index contributed by atoms with van der Waals surface area (Å²) in [6.45, 7) is 0.639. The van der Waals surface area contributed by atoms with Crippen LogP contribution in [0.15, 0.2) is 61.1 Å². The molecule has 0 atom stereocenters. The summed E-state index contributed by atoms with van der Waals surface area (Å²) in [5.41, 5.74) is 2.01. The normalized spacial score (nSPS) is 10.1. The second kappa shape index (κ2) is 8.66. The van der Waals surface area contributed by atoms with Gasteiger partial charge in [-0.15, -0.1) is 0 Å². The Morgan fingerprint density at radius 1 is 1.00 bits per heavy atom. The van der Waals surface area contributed by atoms with Gasteiger partial charge in [-0.25, -0.2) is 4.98 Å². The van der Waals surface area contributed by atoms with E-state index in [4.69, 9.17) is 9.47 Å². The van der Waals surface area contributed by atoms with Crippen LogP contribution in [0.25, 0.3) is 0 Å². The molecule has 2 aromatic heterocycles. The number of carbonyl (C=O) groups excluding carboxylic acids is 1. The fraction of sp³-hybridized carbons (Fsp3) is 0.150. The van der Waals surface area contributed by atoms with Gasteiger partial charge in [-0.1, -0.05) is 6.07 Å². The molecule has 0 bridgehead atoms. The van der Waals surface area contributed by atoms with Crippen LogP contribution in [0, 0.1) is 0 Å². The van der Waals surface area contributed by atoms with Crippen molar-refractivity contribution in [3.8, 4) is 11.5 Å². The van der Waals surface area contributed by atoms with Crippen molar-refractivity contribution in [3.63, 3.8) is 0 Å². The van der Waals surface area contributed by atoms with Crippen molar-refractivity contribution >= 4 is 17.4 Å². The highest BCUT2D eigenvalue weighted by atomic mass is 16.5. The van der Waals surface area contributed by atoms with Crippen LogP contribution in [0.4, 0.5) is 11.5 Å². The summed E-state index contributed by atoms with van der Waals surface area (Å²) in [5, 5.41) is 6.03. The van der Waals surface area contributed by atoms with Crippen LogP contribution >= 0.6 is 0 Å². The van der Waals surface area contributed by atoms with E-state index in [9.17, 15) is 4.79 Å². The van der Waals surface area contributed by atoms with Gasteiger partial charge in [0.1, 0.15) is 22.9 Å². The van der Waals surface area contributed by atoms with Gasteiger partial charge >= 0.3 is 0 Å². The number of anilines is 2. The average molecular weight is 364 g/mol. The van der Waals surface area contributed by atoms with E-state index in [1.165, 1.54) is 14.2 Å². The first-order valence-electron chi connectivity index (χ1n) is 8.32. The van der Waals surface area contributed by atoms with Crippen LogP contribution in [0.1, 0.15) is 15.9 Å². The lowest BCUT2D eigenvalue weighted by atomic mass is 10.1. The fourth-order valence-electron chi connectivity index (χ4n) is 2.53. The maximum absolute atomic E-state index is 12.6. The number of nitrogens with one attached hydrogen (secondary N) is 2. The van der Waals surface area contributed by atoms with E-state index in [0.717, 1.165) is 5.56 Å². The minimum absolute atomic E-state index is 0.330. The number of methoxy groups -OCH3 is 2. The first-order chi connectivity index (χ1) is 13.2. The summed E-state index contributed by atoms with van der Waals surface area (Å²) in [4.78, 5) is 21.0. The number of amides is 1. The Hall–Kier alpha value is -3.61. The molecule has 0 radical (unpaired) electrons. The SMILES string of the molecule is COc1cccc(OC)c1C(=O)Nc1ccc(NCc2ccncc2)nc1. The number of carbonyl (C=O) groups is 1. The average Bonchev–Trinajstić information content (AvgIpc) is 2.73. The minimum atomic E-state index is -0.330. The minimum Gasteiger partial charge on any atom is -0.496 e. The highest BCUT2D eigenvalue weighted by Gasteiger charge is 2.18. The second-order valence-corrected chi connectivity index (χ2v) is 5.63. The molecule has 0 fully saturated rings. The lowest BCUT2D eigenvalue weighted by Crippen LogP contribution is -2.15. The summed E-state index contributed by atoms with van der Waals surface area (Å²) in [7, 11) is 3.02. The molecule has 3 aromatic rings. The molecule has 2 N–H and O–H groups in total. The van der Waals surface area contributed by atoms with Crippen molar-refractivity contribution in [3.05, 3.63) is 72.2 Å². The molecule has 7 nitrogen and oxygen atoms in total. The van der Waals surface area contributed by atoms with Crippen LogP contribution < -0.4 is 20.1 Å². The maximum Gasteiger partial charge on any atom is 0.263 e. The van der Waals surface area contributed by atoms with Crippen molar-refractivity contribution in [2.24, 2.45) is 0 Å². The summed E-state index contributed by atoms with van der Waals surface area (Å²) < 4.78 is 10.5. The molecular formula is C20H20N4O3. The maximum atomic E-state index is 12.6. The van der Waals surface area contributed by atoms with Crippen LogP contribution in [0.2, 0.25) is 0 Å². The number of nitrogens with zero attached hydrogens (tertiary/aromatic N) is 2. The lowest BCUT2D eigenvalue weighted by molar-refractivity contribution is 0.102. The highest BCUT2D eigenvalue weighted by molar-refractivity contribution is 6.08. The van der Waals surface area contributed by atoms with Gasteiger partial charge in [-0.2, -0.15) is 0 Å². The molecule has 0 saturated heterocycles. The molecule has 0 spiro atoms. The highest BCUT2D eigenvalue weighted by Crippen LogP contribution is 2.29. The number of rotatable bonds is 7. The quantitative estimate of drug-likeness (QED) is 0.669. The van der Waals surface area contributed by atoms with Gasteiger partial charge < -0.3 is 20.1 Å². The van der Waals surface area contributed by atoms with E-state index in [-0.39, 0.29) is 5.91 Å². The van der Waals surface area contributed by atoms with Crippen molar-refractivity contribution in [1.82, 2.24) is 9.97 Å². The van der Waals surface area contributed by atoms with Gasteiger partial charge in [0, 0.05) is 18.9 Å². The zero-order valence-electron chi connectivity index (χ0n) is 15.1. The van der Waals surface area contributed by atoms with Gasteiger partial charge in [0.25, 0.3) is 5.91 Å². The predicted octanol–water partition coefficient (Wildman–Crippen LogP) is 3.36. The molecule has 0 saturated carbocycles. The van der Waals surface area contributed by atoms with Crippen molar-refractivity contribution < 1.29 is 14.3 Å². The first kappa shape index (κ1) is 18.2. The molecule has 0 unspecified atom stereocenters. The zero-order valence-corrected chi connectivity index (χ0v) is 15.1. The third-order valence-corrected chi connectivity index (χ3v) is 3.90. The summed E-state index contributed by atoms with van der Waals surface area (Å²) in [5.74, 6) is 1.26. The summed E-state index contributed by atoms with van der Waals surface area (Å²) in [6.07, 6.45) is 5.08. The number of ether oxygens (including phenoxy) is 2. The molecule has 0 aliphatic heterocycles. The second-order valence-electron chi connectivity index (χ2n) is 5.63. The van der Waals surface area contributed by atoms with Crippen molar-refractivity contribution in [2.45, 2.75) is 6.54 Å². The van der Waals surface area contributed by atoms with Crippen LogP contribution in [-0.2, 0) is 6.54 Å². The summed E-state index contributed by atoms with van der Waals surface area (Å²) >= 11 is 0. The van der Waals surface area contributed by atoms with Gasteiger partial charge in [-0.3, -0.25) is 9.78 Å². The smallest absolute Gasteiger partial charge is 0.263 e. The number of pyridine rings is 2. The van der Waals surface area contributed by atoms with E-state index in [1.807, 2.05) is 12.1 Å². The Kier molecular flexibility index (Phi) is 5.84. The zero-order chi connectivity index (χ0) is 19.1. The van der Waals surface area contributed by atoms with E-state index >= 15 is 0 Å². The number of benzene rings is 1.